The Hall–Kier alpha value is -2.36. The van der Waals surface area contributed by atoms with E-state index < -0.39 is 0 Å². The van der Waals surface area contributed by atoms with E-state index in [1.807, 2.05) is 32.0 Å². The molecule has 1 heterocycles. The fourth-order valence-corrected chi connectivity index (χ4v) is 2.69. The molecule has 2 aromatic rings. The van der Waals surface area contributed by atoms with Gasteiger partial charge in [0.2, 0.25) is 0 Å². The Bertz CT molecular complexity index is 707. The molecule has 4 nitrogen and oxygen atoms in total. The van der Waals surface area contributed by atoms with E-state index in [0.717, 1.165) is 29.7 Å². The number of anilines is 1. The molecule has 0 bridgehead atoms. The highest BCUT2D eigenvalue weighted by molar-refractivity contribution is 6.06. The first-order valence-corrected chi connectivity index (χ1v) is 7.09. The predicted octanol–water partition coefficient (Wildman–Crippen LogP) is 3.67. The van der Waals surface area contributed by atoms with Gasteiger partial charge in [0.05, 0.1) is 5.56 Å². The molecule has 3 rings (SSSR count). The molecule has 21 heavy (non-hydrogen) atoms. The van der Waals surface area contributed by atoms with E-state index in [0.29, 0.717) is 17.7 Å². The van der Waals surface area contributed by atoms with Gasteiger partial charge >= 0.3 is 0 Å². The Morgan fingerprint density at radius 2 is 1.90 bits per heavy atom. The van der Waals surface area contributed by atoms with Crippen molar-refractivity contribution in [3.63, 3.8) is 0 Å². The molecule has 1 aromatic carbocycles. The third-order valence-corrected chi connectivity index (χ3v) is 3.86. The number of benzene rings is 1. The van der Waals surface area contributed by atoms with Crippen molar-refractivity contribution in [1.29, 1.82) is 0 Å². The maximum Gasteiger partial charge on any atom is 0.291 e. The number of carbonyl (C=O) groups excluding carboxylic acids is 2. The van der Waals surface area contributed by atoms with Gasteiger partial charge in [-0.25, -0.2) is 0 Å². The summed E-state index contributed by atoms with van der Waals surface area (Å²) in [6.45, 7) is 3.89. The fraction of sp³-hybridized carbons (Fsp3) is 0.294. The molecule has 1 aliphatic rings. The second kappa shape index (κ2) is 5.20. The quantitative estimate of drug-likeness (QED) is 0.914. The first-order chi connectivity index (χ1) is 10.1. The van der Waals surface area contributed by atoms with Crippen LogP contribution in [0.4, 0.5) is 5.69 Å². The van der Waals surface area contributed by atoms with E-state index >= 15 is 0 Å². The highest BCUT2D eigenvalue weighted by atomic mass is 16.4. The van der Waals surface area contributed by atoms with Crippen LogP contribution in [-0.4, -0.2) is 11.7 Å². The van der Waals surface area contributed by atoms with Crippen LogP contribution < -0.4 is 5.32 Å². The van der Waals surface area contributed by atoms with Crippen LogP contribution in [0, 0.1) is 13.8 Å². The monoisotopic (exact) mass is 283 g/mol. The minimum atomic E-state index is -0.311. The molecule has 1 aliphatic carbocycles. The number of carbonyl (C=O) groups is 2. The summed E-state index contributed by atoms with van der Waals surface area (Å²) in [4.78, 5) is 24.1. The highest BCUT2D eigenvalue weighted by Crippen LogP contribution is 2.26. The summed E-state index contributed by atoms with van der Waals surface area (Å²) < 4.78 is 5.56. The number of furan rings is 1. The third-order valence-electron chi connectivity index (χ3n) is 3.86. The number of hydrogen-bond acceptors (Lipinski definition) is 3. The minimum Gasteiger partial charge on any atom is -0.455 e. The minimum absolute atomic E-state index is 0.0612. The van der Waals surface area contributed by atoms with Gasteiger partial charge < -0.3 is 9.73 Å². The lowest BCUT2D eigenvalue weighted by Crippen LogP contribution is -2.13. The third kappa shape index (κ3) is 2.49. The first-order valence-electron chi connectivity index (χ1n) is 7.09. The van der Waals surface area contributed by atoms with Gasteiger partial charge in [0.15, 0.2) is 11.5 Å². The number of Topliss-reactive ketones (excluding diaryl/α,β-unsaturated/α-hetero) is 1. The molecule has 4 heteroatoms. The van der Waals surface area contributed by atoms with E-state index in [4.69, 9.17) is 4.42 Å². The largest absolute Gasteiger partial charge is 0.455 e. The zero-order chi connectivity index (χ0) is 15.0. The number of para-hydroxylation sites is 1. The highest BCUT2D eigenvalue weighted by Gasteiger charge is 2.24. The van der Waals surface area contributed by atoms with Crippen LogP contribution in [0.5, 0.6) is 0 Å². The Morgan fingerprint density at radius 1 is 1.19 bits per heavy atom. The standard InChI is InChI=1S/C17H17NO3/c1-10-5-3-6-11(2)16(10)18-17(20)15-9-12-13(19)7-4-8-14(12)21-15/h3,5-6,9H,4,7-8H2,1-2H3,(H,18,20). The molecule has 0 radical (unpaired) electrons. The van der Waals surface area contributed by atoms with Gasteiger partial charge in [-0.3, -0.25) is 9.59 Å². The zero-order valence-corrected chi connectivity index (χ0v) is 12.2. The summed E-state index contributed by atoms with van der Waals surface area (Å²) in [6.07, 6.45) is 2.04. The summed E-state index contributed by atoms with van der Waals surface area (Å²) in [5.74, 6) is 0.594. The summed E-state index contributed by atoms with van der Waals surface area (Å²) in [5, 5.41) is 2.87. The lowest BCUT2D eigenvalue weighted by atomic mass is 9.97. The van der Waals surface area contributed by atoms with Crippen LogP contribution in [-0.2, 0) is 6.42 Å². The fourth-order valence-electron chi connectivity index (χ4n) is 2.69. The van der Waals surface area contributed by atoms with Crippen LogP contribution in [0.3, 0.4) is 0 Å². The second-order valence-electron chi connectivity index (χ2n) is 5.45. The molecule has 0 unspecified atom stereocenters. The van der Waals surface area contributed by atoms with Gasteiger partial charge in [-0.05, 0) is 31.4 Å². The smallest absolute Gasteiger partial charge is 0.291 e. The summed E-state index contributed by atoms with van der Waals surface area (Å²) in [6, 6.07) is 7.41. The average Bonchev–Trinajstić information content (AvgIpc) is 2.88. The number of amides is 1. The van der Waals surface area contributed by atoms with Crippen LogP contribution in [0.15, 0.2) is 28.7 Å². The topological polar surface area (TPSA) is 59.3 Å². The number of nitrogens with one attached hydrogen (secondary N) is 1. The van der Waals surface area contributed by atoms with Crippen molar-refractivity contribution in [2.75, 3.05) is 5.32 Å². The molecule has 1 aromatic heterocycles. The summed E-state index contributed by atoms with van der Waals surface area (Å²) >= 11 is 0. The summed E-state index contributed by atoms with van der Waals surface area (Å²) in [7, 11) is 0. The number of ketones is 1. The van der Waals surface area contributed by atoms with Crippen molar-refractivity contribution >= 4 is 17.4 Å². The average molecular weight is 283 g/mol. The first kappa shape index (κ1) is 13.6. The molecule has 0 saturated heterocycles. The van der Waals surface area contributed by atoms with Crippen molar-refractivity contribution in [2.24, 2.45) is 0 Å². The predicted molar refractivity (Wildman–Crippen MR) is 79.8 cm³/mol. The van der Waals surface area contributed by atoms with Crippen molar-refractivity contribution in [3.05, 3.63) is 52.5 Å². The number of rotatable bonds is 2. The van der Waals surface area contributed by atoms with Crippen LogP contribution in [0.2, 0.25) is 0 Å². The van der Waals surface area contributed by atoms with Gasteiger partial charge in [0, 0.05) is 24.6 Å². The van der Waals surface area contributed by atoms with E-state index in [1.165, 1.54) is 0 Å². The van der Waals surface area contributed by atoms with Crippen molar-refractivity contribution in [2.45, 2.75) is 33.1 Å². The van der Waals surface area contributed by atoms with E-state index in [1.54, 1.807) is 6.07 Å². The Balaban J connectivity index is 1.88. The molecule has 0 fully saturated rings. The molecule has 108 valence electrons. The van der Waals surface area contributed by atoms with E-state index in [9.17, 15) is 9.59 Å². The summed E-state index contributed by atoms with van der Waals surface area (Å²) in [5.41, 5.74) is 3.35. The molecule has 0 saturated carbocycles. The maximum absolute atomic E-state index is 12.3. The Labute approximate surface area is 123 Å². The molecule has 0 aliphatic heterocycles. The second-order valence-corrected chi connectivity index (χ2v) is 5.45. The molecule has 0 spiro atoms. The van der Waals surface area contributed by atoms with Crippen LogP contribution in [0.1, 0.15) is 50.6 Å². The number of hydrogen-bond donors (Lipinski definition) is 1. The number of aryl methyl sites for hydroxylation is 3. The molecular formula is C17H17NO3. The van der Waals surface area contributed by atoms with Crippen molar-refractivity contribution in [3.8, 4) is 0 Å². The van der Waals surface area contributed by atoms with Crippen LogP contribution in [0.25, 0.3) is 0 Å². The van der Waals surface area contributed by atoms with E-state index in [2.05, 4.69) is 5.32 Å². The van der Waals surface area contributed by atoms with Gasteiger partial charge in [0.25, 0.3) is 5.91 Å². The SMILES string of the molecule is Cc1cccc(C)c1NC(=O)c1cc2c(o1)CCCC2=O. The molecule has 1 N–H and O–H groups in total. The zero-order valence-electron chi connectivity index (χ0n) is 12.2. The molecule has 1 amide bonds. The van der Waals surface area contributed by atoms with Gasteiger partial charge in [-0.2, -0.15) is 0 Å². The van der Waals surface area contributed by atoms with Gasteiger partial charge in [0.1, 0.15) is 5.76 Å². The Kier molecular flexibility index (Phi) is 3.37. The van der Waals surface area contributed by atoms with Crippen LogP contribution >= 0.6 is 0 Å². The van der Waals surface area contributed by atoms with Gasteiger partial charge in [-0.15, -0.1) is 0 Å². The van der Waals surface area contributed by atoms with Crippen molar-refractivity contribution < 1.29 is 14.0 Å². The normalized spacial score (nSPS) is 13.9. The number of fused-ring (bicyclic) bond motifs is 1. The Morgan fingerprint density at radius 3 is 2.57 bits per heavy atom. The van der Waals surface area contributed by atoms with Crippen molar-refractivity contribution in [1.82, 2.24) is 0 Å². The lowest BCUT2D eigenvalue weighted by molar-refractivity contribution is 0.0963. The molecular weight excluding hydrogens is 266 g/mol. The molecule has 0 atom stereocenters. The van der Waals surface area contributed by atoms with E-state index in [-0.39, 0.29) is 17.5 Å². The van der Waals surface area contributed by atoms with Gasteiger partial charge in [-0.1, -0.05) is 18.2 Å². The lowest BCUT2D eigenvalue weighted by Gasteiger charge is -2.10. The maximum atomic E-state index is 12.3.